The number of thiazole rings is 1. The fourth-order valence-electron chi connectivity index (χ4n) is 3.04. The Balaban J connectivity index is 1.37. The molecule has 1 atom stereocenters. The maximum atomic E-state index is 5.88. The number of nitrogen functional groups attached to an aromatic ring is 1. The predicted octanol–water partition coefficient (Wildman–Crippen LogP) is 2.61. The van der Waals surface area contributed by atoms with E-state index in [-0.39, 0.29) is 0 Å². The van der Waals surface area contributed by atoms with Gasteiger partial charge in [-0.05, 0) is 18.9 Å². The van der Waals surface area contributed by atoms with E-state index in [9.17, 15) is 0 Å². The highest BCUT2D eigenvalue weighted by Crippen LogP contribution is 2.28. The van der Waals surface area contributed by atoms with E-state index in [1.54, 1.807) is 11.3 Å². The summed E-state index contributed by atoms with van der Waals surface area (Å²) in [6.07, 6.45) is 6.66. The quantitative estimate of drug-likeness (QED) is 0.691. The molecule has 1 aliphatic rings. The molecule has 4 heterocycles. The second-order valence-corrected chi connectivity index (χ2v) is 7.96. The van der Waals surface area contributed by atoms with Crippen molar-refractivity contribution < 1.29 is 0 Å². The third kappa shape index (κ3) is 3.19. The minimum absolute atomic E-state index is 0.514. The van der Waals surface area contributed by atoms with Crippen molar-refractivity contribution in [1.29, 1.82) is 0 Å². The number of rotatable bonds is 5. The third-order valence-electron chi connectivity index (χ3n) is 4.19. The van der Waals surface area contributed by atoms with Crippen molar-refractivity contribution in [2.75, 3.05) is 24.6 Å². The molecular formula is C15H18N6S2. The molecule has 1 saturated heterocycles. The molecule has 0 aliphatic carbocycles. The lowest BCUT2D eigenvalue weighted by Crippen LogP contribution is -2.20. The van der Waals surface area contributed by atoms with Gasteiger partial charge < -0.3 is 10.7 Å². The summed E-state index contributed by atoms with van der Waals surface area (Å²) in [7, 11) is 0. The number of H-pyrrole nitrogens is 1. The molecule has 1 aliphatic heterocycles. The third-order valence-corrected chi connectivity index (χ3v) is 6.39. The number of thioether (sulfide) groups is 1. The summed E-state index contributed by atoms with van der Waals surface area (Å²) in [4.78, 5) is 18.4. The van der Waals surface area contributed by atoms with Gasteiger partial charge in [0.1, 0.15) is 16.2 Å². The summed E-state index contributed by atoms with van der Waals surface area (Å²) < 4.78 is 1.17. The molecule has 8 heteroatoms. The van der Waals surface area contributed by atoms with Gasteiger partial charge in [-0.2, -0.15) is 0 Å². The van der Waals surface area contributed by atoms with Gasteiger partial charge in [-0.15, -0.1) is 11.3 Å². The molecule has 1 fully saturated rings. The minimum Gasteiger partial charge on any atom is -0.382 e. The van der Waals surface area contributed by atoms with E-state index < -0.39 is 0 Å². The van der Waals surface area contributed by atoms with Crippen LogP contribution in [-0.2, 0) is 6.54 Å². The van der Waals surface area contributed by atoms with E-state index in [1.165, 1.54) is 22.7 Å². The SMILES string of the molecule is Nc1ncnc2c(CN3CCC(CSc4nccs4)C3)c[nH]c12. The second kappa shape index (κ2) is 6.46. The van der Waals surface area contributed by atoms with Gasteiger partial charge in [-0.25, -0.2) is 15.0 Å². The van der Waals surface area contributed by atoms with Crippen LogP contribution in [0.25, 0.3) is 11.0 Å². The first-order chi connectivity index (χ1) is 11.3. The Bertz CT molecular complexity index is 784. The number of nitrogens with two attached hydrogens (primary N) is 1. The van der Waals surface area contributed by atoms with Crippen LogP contribution in [0.3, 0.4) is 0 Å². The summed E-state index contributed by atoms with van der Waals surface area (Å²) in [5.74, 6) is 2.39. The minimum atomic E-state index is 0.514. The molecule has 0 saturated carbocycles. The molecule has 3 aromatic heterocycles. The van der Waals surface area contributed by atoms with Crippen LogP contribution in [0.15, 0.2) is 28.4 Å². The van der Waals surface area contributed by atoms with Crippen molar-refractivity contribution in [3.05, 3.63) is 29.7 Å². The Kier molecular flexibility index (Phi) is 4.19. The van der Waals surface area contributed by atoms with Gasteiger partial charge in [-0.1, -0.05) is 11.8 Å². The summed E-state index contributed by atoms with van der Waals surface area (Å²) in [5.41, 5.74) is 8.87. The fourth-order valence-corrected chi connectivity index (χ4v) is 4.83. The van der Waals surface area contributed by atoms with Gasteiger partial charge in [0.15, 0.2) is 5.82 Å². The maximum absolute atomic E-state index is 5.88. The highest BCUT2D eigenvalue weighted by atomic mass is 32.2. The zero-order valence-corrected chi connectivity index (χ0v) is 14.2. The zero-order valence-electron chi connectivity index (χ0n) is 12.6. The molecule has 0 radical (unpaired) electrons. The van der Waals surface area contributed by atoms with Crippen LogP contribution in [0.1, 0.15) is 12.0 Å². The number of aromatic nitrogens is 4. The van der Waals surface area contributed by atoms with Gasteiger partial charge in [0.05, 0.1) is 5.52 Å². The van der Waals surface area contributed by atoms with Crippen LogP contribution in [0.2, 0.25) is 0 Å². The number of likely N-dealkylation sites (tertiary alicyclic amines) is 1. The molecule has 120 valence electrons. The topological polar surface area (TPSA) is 83.7 Å². The van der Waals surface area contributed by atoms with E-state index in [4.69, 9.17) is 5.73 Å². The zero-order chi connectivity index (χ0) is 15.6. The Morgan fingerprint density at radius 3 is 3.22 bits per heavy atom. The van der Waals surface area contributed by atoms with Crippen molar-refractivity contribution in [2.45, 2.75) is 17.3 Å². The first kappa shape index (κ1) is 14.9. The molecule has 3 N–H and O–H groups in total. The average molecular weight is 346 g/mol. The number of hydrogen-bond acceptors (Lipinski definition) is 7. The Morgan fingerprint density at radius 1 is 1.39 bits per heavy atom. The van der Waals surface area contributed by atoms with E-state index in [0.29, 0.717) is 5.82 Å². The van der Waals surface area contributed by atoms with Crippen LogP contribution in [-0.4, -0.2) is 43.7 Å². The van der Waals surface area contributed by atoms with Crippen LogP contribution in [0.4, 0.5) is 5.82 Å². The van der Waals surface area contributed by atoms with Crippen molar-refractivity contribution >= 4 is 39.9 Å². The smallest absolute Gasteiger partial charge is 0.151 e. The van der Waals surface area contributed by atoms with Gasteiger partial charge in [-0.3, -0.25) is 4.90 Å². The molecule has 3 aromatic rings. The van der Waals surface area contributed by atoms with Crippen molar-refractivity contribution in [1.82, 2.24) is 24.8 Å². The van der Waals surface area contributed by atoms with Gasteiger partial charge in [0.2, 0.25) is 0 Å². The van der Waals surface area contributed by atoms with Gasteiger partial charge in [0.25, 0.3) is 0 Å². The molecule has 0 aromatic carbocycles. The fraction of sp³-hybridized carbons (Fsp3) is 0.400. The van der Waals surface area contributed by atoms with Gasteiger partial charge >= 0.3 is 0 Å². The van der Waals surface area contributed by atoms with E-state index in [0.717, 1.165) is 42.3 Å². The Hall–Kier alpha value is -1.64. The van der Waals surface area contributed by atoms with Crippen LogP contribution in [0, 0.1) is 5.92 Å². The lowest BCUT2D eigenvalue weighted by Gasteiger charge is -2.15. The van der Waals surface area contributed by atoms with Crippen molar-refractivity contribution in [3.63, 3.8) is 0 Å². The summed E-state index contributed by atoms with van der Waals surface area (Å²) in [5, 5.41) is 2.04. The average Bonchev–Trinajstić information content (AvgIpc) is 3.28. The summed E-state index contributed by atoms with van der Waals surface area (Å²) >= 11 is 3.60. The number of nitrogens with one attached hydrogen (secondary N) is 1. The number of hydrogen-bond donors (Lipinski definition) is 2. The molecule has 0 amide bonds. The summed E-state index contributed by atoms with van der Waals surface area (Å²) in [6.45, 7) is 3.18. The predicted molar refractivity (Wildman–Crippen MR) is 94.5 cm³/mol. The van der Waals surface area contributed by atoms with Gasteiger partial charge in [0, 0.05) is 42.2 Å². The molecular weight excluding hydrogens is 328 g/mol. The lowest BCUT2D eigenvalue weighted by atomic mass is 10.2. The number of fused-ring (bicyclic) bond motifs is 1. The normalized spacial score (nSPS) is 18.9. The first-order valence-electron chi connectivity index (χ1n) is 7.60. The first-order valence-corrected chi connectivity index (χ1v) is 9.47. The maximum Gasteiger partial charge on any atom is 0.151 e. The standard InChI is InChI=1S/C15H18N6S2/c16-14-13-12(19-9-20-14)11(5-18-13)7-21-3-1-10(6-21)8-23-15-17-2-4-22-15/h2,4-5,9-10,18H,1,3,6-8H2,(H2,16,19,20). The molecule has 6 nitrogen and oxygen atoms in total. The van der Waals surface area contributed by atoms with E-state index in [2.05, 4.69) is 24.8 Å². The Morgan fingerprint density at radius 2 is 2.35 bits per heavy atom. The molecule has 23 heavy (non-hydrogen) atoms. The molecule has 0 spiro atoms. The molecule has 1 unspecified atom stereocenters. The van der Waals surface area contributed by atoms with Crippen LogP contribution >= 0.6 is 23.1 Å². The van der Waals surface area contributed by atoms with Crippen molar-refractivity contribution in [3.8, 4) is 0 Å². The lowest BCUT2D eigenvalue weighted by molar-refractivity contribution is 0.322. The van der Waals surface area contributed by atoms with Crippen LogP contribution in [0.5, 0.6) is 0 Å². The van der Waals surface area contributed by atoms with E-state index in [1.807, 2.05) is 29.5 Å². The number of aromatic amines is 1. The Labute approximate surface area is 142 Å². The molecule has 0 bridgehead atoms. The van der Waals surface area contributed by atoms with E-state index >= 15 is 0 Å². The van der Waals surface area contributed by atoms with Crippen LogP contribution < -0.4 is 5.73 Å². The monoisotopic (exact) mass is 346 g/mol. The second-order valence-electron chi connectivity index (χ2n) is 5.80. The highest BCUT2D eigenvalue weighted by molar-refractivity contribution is 8.01. The number of anilines is 1. The largest absolute Gasteiger partial charge is 0.382 e. The summed E-state index contributed by atoms with van der Waals surface area (Å²) in [6, 6.07) is 0. The molecule has 4 rings (SSSR count). The van der Waals surface area contributed by atoms with Crippen molar-refractivity contribution in [2.24, 2.45) is 5.92 Å². The highest BCUT2D eigenvalue weighted by Gasteiger charge is 2.24. The number of nitrogens with zero attached hydrogens (tertiary/aromatic N) is 4.